The largest absolute Gasteiger partial charge is 0.351 e. The molecule has 5 nitrogen and oxygen atoms in total. The number of hydrogen-bond donors (Lipinski definition) is 1. The lowest BCUT2D eigenvalue weighted by Gasteiger charge is -2.35. The Kier molecular flexibility index (Phi) is 5.33. The van der Waals surface area contributed by atoms with Gasteiger partial charge in [0, 0.05) is 17.9 Å². The van der Waals surface area contributed by atoms with E-state index < -0.39 is 4.92 Å². The van der Waals surface area contributed by atoms with E-state index in [2.05, 4.69) is 21.2 Å². The first-order valence-corrected chi connectivity index (χ1v) is 8.28. The highest BCUT2D eigenvalue weighted by molar-refractivity contribution is 9.09. The van der Waals surface area contributed by atoms with Crippen molar-refractivity contribution in [3.05, 3.63) is 39.9 Å². The van der Waals surface area contributed by atoms with E-state index in [1.165, 1.54) is 31.4 Å². The minimum atomic E-state index is -0.518. The molecule has 0 spiro atoms. The number of carbonyl (C=O) groups excluding carboxylic acids is 1. The summed E-state index contributed by atoms with van der Waals surface area (Å²) in [4.78, 5) is 22.7. The van der Waals surface area contributed by atoms with Gasteiger partial charge in [0.2, 0.25) is 0 Å². The van der Waals surface area contributed by atoms with E-state index in [0.717, 1.165) is 18.2 Å². The predicted molar refractivity (Wildman–Crippen MR) is 84.7 cm³/mol. The second-order valence-electron chi connectivity index (χ2n) is 5.65. The lowest BCUT2D eigenvalue weighted by Crippen LogP contribution is -2.40. The molecule has 0 unspecified atom stereocenters. The average molecular weight is 355 g/mol. The molecule has 0 aliphatic heterocycles. The highest BCUT2D eigenvalue weighted by Crippen LogP contribution is 2.37. The molecule has 0 aromatic heterocycles. The quantitative estimate of drug-likeness (QED) is 0.498. The van der Waals surface area contributed by atoms with Crippen LogP contribution in [-0.4, -0.2) is 22.7 Å². The Morgan fingerprint density at radius 3 is 2.57 bits per heavy atom. The summed E-state index contributed by atoms with van der Waals surface area (Å²) in [6.07, 6.45) is 5.75. The SMILES string of the molecule is O=C(NCC1(CBr)CCCCC1)c1ccccc1[N+](=O)[O-]. The molecule has 0 saturated heterocycles. The minimum Gasteiger partial charge on any atom is -0.351 e. The molecular formula is C15H19BrN2O3. The number of rotatable bonds is 5. The van der Waals surface area contributed by atoms with E-state index in [1.807, 2.05) is 0 Å². The maximum Gasteiger partial charge on any atom is 0.282 e. The summed E-state index contributed by atoms with van der Waals surface area (Å²) in [6.45, 7) is 0.559. The zero-order valence-corrected chi connectivity index (χ0v) is 13.4. The van der Waals surface area contributed by atoms with E-state index in [-0.39, 0.29) is 22.6 Å². The number of nitrogens with one attached hydrogen (secondary N) is 1. The first-order valence-electron chi connectivity index (χ1n) is 7.16. The van der Waals surface area contributed by atoms with Crippen LogP contribution in [0.25, 0.3) is 0 Å². The summed E-state index contributed by atoms with van der Waals surface area (Å²) in [7, 11) is 0. The number of benzene rings is 1. The Bertz CT molecular complexity index is 527. The number of carbonyl (C=O) groups is 1. The van der Waals surface area contributed by atoms with E-state index in [1.54, 1.807) is 12.1 Å². The monoisotopic (exact) mass is 354 g/mol. The van der Waals surface area contributed by atoms with Crippen molar-refractivity contribution < 1.29 is 9.72 Å². The van der Waals surface area contributed by atoms with Crippen molar-refractivity contribution in [1.29, 1.82) is 0 Å². The number of halogens is 1. The van der Waals surface area contributed by atoms with Gasteiger partial charge in [-0.3, -0.25) is 14.9 Å². The molecule has 2 rings (SSSR count). The van der Waals surface area contributed by atoms with Gasteiger partial charge in [-0.15, -0.1) is 0 Å². The Morgan fingerprint density at radius 2 is 1.95 bits per heavy atom. The van der Waals surface area contributed by atoms with E-state index in [4.69, 9.17) is 0 Å². The fourth-order valence-electron chi connectivity index (χ4n) is 2.85. The average Bonchev–Trinajstić information content (AvgIpc) is 2.53. The van der Waals surface area contributed by atoms with E-state index >= 15 is 0 Å². The van der Waals surface area contributed by atoms with Crippen LogP contribution in [0.2, 0.25) is 0 Å². The van der Waals surface area contributed by atoms with Crippen molar-refractivity contribution >= 4 is 27.5 Å². The Labute approximate surface area is 132 Å². The Hall–Kier alpha value is -1.43. The smallest absolute Gasteiger partial charge is 0.282 e. The third-order valence-electron chi connectivity index (χ3n) is 4.17. The predicted octanol–water partition coefficient (Wildman–Crippen LogP) is 3.67. The van der Waals surface area contributed by atoms with Gasteiger partial charge in [0.25, 0.3) is 11.6 Å². The van der Waals surface area contributed by atoms with Gasteiger partial charge in [0.1, 0.15) is 5.56 Å². The number of amides is 1. The summed E-state index contributed by atoms with van der Waals surface area (Å²) in [6, 6.07) is 6.06. The van der Waals surface area contributed by atoms with Gasteiger partial charge in [-0.25, -0.2) is 0 Å². The first-order chi connectivity index (χ1) is 10.1. The molecule has 1 aromatic rings. The third kappa shape index (κ3) is 3.81. The summed E-state index contributed by atoms with van der Waals surface area (Å²) in [5.74, 6) is -0.367. The number of nitrogens with zero attached hydrogens (tertiary/aromatic N) is 1. The van der Waals surface area contributed by atoms with Crippen molar-refractivity contribution in [3.8, 4) is 0 Å². The summed E-state index contributed by atoms with van der Waals surface area (Å²) in [5, 5.41) is 14.7. The molecule has 0 radical (unpaired) electrons. The van der Waals surface area contributed by atoms with Crippen LogP contribution in [0, 0.1) is 15.5 Å². The van der Waals surface area contributed by atoms with Crippen LogP contribution < -0.4 is 5.32 Å². The van der Waals surface area contributed by atoms with E-state index in [0.29, 0.717) is 6.54 Å². The van der Waals surface area contributed by atoms with Gasteiger partial charge in [-0.1, -0.05) is 47.3 Å². The van der Waals surface area contributed by atoms with Crippen molar-refractivity contribution in [2.24, 2.45) is 5.41 Å². The Balaban J connectivity index is 2.06. The number of para-hydroxylation sites is 1. The van der Waals surface area contributed by atoms with E-state index in [9.17, 15) is 14.9 Å². The van der Waals surface area contributed by atoms with Gasteiger partial charge >= 0.3 is 0 Å². The van der Waals surface area contributed by atoms with Crippen molar-refractivity contribution in [1.82, 2.24) is 5.32 Å². The number of nitro benzene ring substituents is 1. The first kappa shape index (κ1) is 15.9. The molecule has 114 valence electrons. The topological polar surface area (TPSA) is 72.2 Å². The van der Waals surface area contributed by atoms with Crippen LogP contribution in [0.3, 0.4) is 0 Å². The summed E-state index contributed by atoms with van der Waals surface area (Å²) in [5.41, 5.74) is 0.0619. The van der Waals surface area contributed by atoms with Crippen molar-refractivity contribution in [2.45, 2.75) is 32.1 Å². The lowest BCUT2D eigenvalue weighted by atomic mass is 9.75. The molecule has 1 N–H and O–H groups in total. The second-order valence-corrected chi connectivity index (χ2v) is 6.21. The van der Waals surface area contributed by atoms with Crippen LogP contribution in [0.4, 0.5) is 5.69 Å². The molecular weight excluding hydrogens is 336 g/mol. The van der Waals surface area contributed by atoms with Crippen LogP contribution in [0.1, 0.15) is 42.5 Å². The molecule has 1 saturated carbocycles. The number of hydrogen-bond acceptors (Lipinski definition) is 3. The Morgan fingerprint density at radius 1 is 1.29 bits per heavy atom. The van der Waals surface area contributed by atoms with Gasteiger partial charge in [-0.05, 0) is 24.3 Å². The van der Waals surface area contributed by atoms with Gasteiger partial charge in [0.15, 0.2) is 0 Å². The minimum absolute atomic E-state index is 0.0808. The molecule has 1 fully saturated rings. The summed E-state index contributed by atoms with van der Waals surface area (Å²) < 4.78 is 0. The fraction of sp³-hybridized carbons (Fsp3) is 0.533. The fourth-order valence-corrected chi connectivity index (χ4v) is 3.61. The van der Waals surface area contributed by atoms with Crippen molar-refractivity contribution in [2.75, 3.05) is 11.9 Å². The van der Waals surface area contributed by atoms with Crippen LogP contribution >= 0.6 is 15.9 Å². The molecule has 0 bridgehead atoms. The highest BCUT2D eigenvalue weighted by atomic mass is 79.9. The third-order valence-corrected chi connectivity index (χ3v) is 5.36. The molecule has 1 aromatic carbocycles. The molecule has 1 aliphatic rings. The number of nitro groups is 1. The van der Waals surface area contributed by atoms with Gasteiger partial charge in [0.05, 0.1) is 4.92 Å². The maximum absolute atomic E-state index is 12.2. The zero-order chi connectivity index (χ0) is 15.3. The summed E-state index contributed by atoms with van der Waals surface area (Å²) >= 11 is 3.55. The molecule has 0 heterocycles. The molecule has 1 aliphatic carbocycles. The van der Waals surface area contributed by atoms with Crippen molar-refractivity contribution in [3.63, 3.8) is 0 Å². The molecule has 21 heavy (non-hydrogen) atoms. The maximum atomic E-state index is 12.2. The normalized spacial score (nSPS) is 17.2. The standard InChI is InChI=1S/C15H19BrN2O3/c16-10-15(8-4-1-5-9-15)11-17-14(19)12-6-2-3-7-13(12)18(20)21/h2-3,6-7H,1,4-5,8-11H2,(H,17,19). The lowest BCUT2D eigenvalue weighted by molar-refractivity contribution is -0.385. The zero-order valence-electron chi connectivity index (χ0n) is 11.8. The number of alkyl halides is 1. The molecule has 6 heteroatoms. The van der Waals surface area contributed by atoms with Crippen LogP contribution in [-0.2, 0) is 0 Å². The van der Waals surface area contributed by atoms with Gasteiger partial charge < -0.3 is 5.32 Å². The van der Waals surface area contributed by atoms with Crippen LogP contribution in [0.5, 0.6) is 0 Å². The van der Waals surface area contributed by atoms with Gasteiger partial charge in [-0.2, -0.15) is 0 Å². The second kappa shape index (κ2) is 7.02. The highest BCUT2D eigenvalue weighted by Gasteiger charge is 2.32. The van der Waals surface area contributed by atoms with Crippen LogP contribution in [0.15, 0.2) is 24.3 Å². The molecule has 0 atom stereocenters. The molecule has 1 amide bonds.